The monoisotopic (exact) mass is 248 g/mol. The highest BCUT2D eigenvalue weighted by atomic mass is 16.5. The van der Waals surface area contributed by atoms with Gasteiger partial charge in [0.25, 0.3) is 0 Å². The number of hydrogen-bond acceptors (Lipinski definition) is 4. The predicted octanol–water partition coefficient (Wildman–Crippen LogP) is 2.64. The van der Waals surface area contributed by atoms with Crippen LogP contribution in [0.4, 0.5) is 0 Å². The summed E-state index contributed by atoms with van der Waals surface area (Å²) in [5, 5.41) is 0. The molecule has 0 aliphatic heterocycles. The molecule has 0 N–H and O–H groups in total. The van der Waals surface area contributed by atoms with Crippen LogP contribution in [0.3, 0.4) is 0 Å². The van der Waals surface area contributed by atoms with E-state index in [2.05, 4.69) is 16.9 Å². The first-order valence-electron chi connectivity index (χ1n) is 6.62. The standard InChI is InChI=1S/C14H20N2O2/c1-3-18-14(6-4-5-11(2)7-14)13(17)12-8-15-10-16-9-12/h8-11H,3-7H2,1-2H3. The number of nitrogens with zero attached hydrogens (tertiary/aromatic N) is 2. The molecule has 1 aromatic rings. The van der Waals surface area contributed by atoms with E-state index in [4.69, 9.17) is 4.74 Å². The van der Waals surface area contributed by atoms with Gasteiger partial charge in [0, 0.05) is 19.0 Å². The van der Waals surface area contributed by atoms with Crippen molar-refractivity contribution in [2.45, 2.75) is 45.1 Å². The predicted molar refractivity (Wildman–Crippen MR) is 68.4 cm³/mol. The lowest BCUT2D eigenvalue weighted by Crippen LogP contribution is -2.45. The number of Topliss-reactive ketones (excluding diaryl/α,β-unsaturated/α-hetero) is 1. The molecule has 4 heteroatoms. The Morgan fingerprint density at radius 3 is 2.83 bits per heavy atom. The van der Waals surface area contributed by atoms with Crippen molar-refractivity contribution in [3.05, 3.63) is 24.3 Å². The molecule has 1 heterocycles. The molecule has 0 bridgehead atoms. The van der Waals surface area contributed by atoms with Crippen molar-refractivity contribution in [1.82, 2.24) is 9.97 Å². The van der Waals surface area contributed by atoms with Crippen molar-refractivity contribution in [2.24, 2.45) is 5.92 Å². The fourth-order valence-corrected chi connectivity index (χ4v) is 2.86. The van der Waals surface area contributed by atoms with Gasteiger partial charge in [0.05, 0.1) is 5.56 Å². The van der Waals surface area contributed by atoms with Crippen molar-refractivity contribution < 1.29 is 9.53 Å². The van der Waals surface area contributed by atoms with E-state index in [-0.39, 0.29) is 5.78 Å². The summed E-state index contributed by atoms with van der Waals surface area (Å²) in [4.78, 5) is 20.5. The highest BCUT2D eigenvalue weighted by Gasteiger charge is 2.42. The first kappa shape index (κ1) is 13.1. The SMILES string of the molecule is CCOC1(C(=O)c2cncnc2)CCCC(C)C1. The maximum absolute atomic E-state index is 12.7. The lowest BCUT2D eigenvalue weighted by atomic mass is 9.75. The van der Waals surface area contributed by atoms with E-state index >= 15 is 0 Å². The largest absolute Gasteiger partial charge is 0.367 e. The van der Waals surface area contributed by atoms with Gasteiger partial charge < -0.3 is 4.74 Å². The number of ketones is 1. The molecule has 1 fully saturated rings. The molecule has 1 saturated carbocycles. The molecular weight excluding hydrogens is 228 g/mol. The molecule has 0 saturated heterocycles. The molecule has 1 aliphatic rings. The van der Waals surface area contributed by atoms with Crippen LogP contribution in [0.5, 0.6) is 0 Å². The lowest BCUT2D eigenvalue weighted by molar-refractivity contribution is -0.0512. The molecule has 98 valence electrons. The van der Waals surface area contributed by atoms with E-state index in [1.807, 2.05) is 6.92 Å². The van der Waals surface area contributed by atoms with Gasteiger partial charge in [-0.2, -0.15) is 0 Å². The van der Waals surface area contributed by atoms with Crippen LogP contribution in [0.25, 0.3) is 0 Å². The summed E-state index contributed by atoms with van der Waals surface area (Å²) in [6.45, 7) is 4.68. The first-order chi connectivity index (χ1) is 8.68. The molecule has 18 heavy (non-hydrogen) atoms. The third-order valence-electron chi connectivity index (χ3n) is 3.61. The smallest absolute Gasteiger partial charge is 0.197 e. The molecule has 2 unspecified atom stereocenters. The normalized spacial score (nSPS) is 28.0. The second-order valence-corrected chi connectivity index (χ2v) is 5.09. The van der Waals surface area contributed by atoms with Gasteiger partial charge in [-0.05, 0) is 32.1 Å². The fourth-order valence-electron chi connectivity index (χ4n) is 2.86. The van der Waals surface area contributed by atoms with Crippen LogP contribution < -0.4 is 0 Å². The number of hydrogen-bond donors (Lipinski definition) is 0. The minimum atomic E-state index is -0.656. The number of carbonyl (C=O) groups is 1. The molecule has 2 rings (SSSR count). The zero-order valence-corrected chi connectivity index (χ0v) is 11.1. The molecule has 0 radical (unpaired) electrons. The minimum absolute atomic E-state index is 0.0384. The Morgan fingerprint density at radius 1 is 1.50 bits per heavy atom. The molecule has 0 spiro atoms. The first-order valence-corrected chi connectivity index (χ1v) is 6.62. The summed E-state index contributed by atoms with van der Waals surface area (Å²) in [7, 11) is 0. The summed E-state index contributed by atoms with van der Waals surface area (Å²) in [5.41, 5.74) is -0.100. The highest BCUT2D eigenvalue weighted by molar-refractivity contribution is 6.02. The van der Waals surface area contributed by atoms with Gasteiger partial charge in [-0.3, -0.25) is 4.79 Å². The Labute approximate surface area is 108 Å². The Kier molecular flexibility index (Phi) is 4.07. The second-order valence-electron chi connectivity index (χ2n) is 5.09. The third kappa shape index (κ3) is 2.58. The topological polar surface area (TPSA) is 52.1 Å². The van der Waals surface area contributed by atoms with Crippen molar-refractivity contribution >= 4 is 5.78 Å². The molecule has 1 aliphatic carbocycles. The van der Waals surface area contributed by atoms with Crippen LogP contribution in [0.1, 0.15) is 49.9 Å². The van der Waals surface area contributed by atoms with E-state index in [1.54, 1.807) is 12.4 Å². The van der Waals surface area contributed by atoms with Crippen molar-refractivity contribution in [1.29, 1.82) is 0 Å². The highest BCUT2D eigenvalue weighted by Crippen LogP contribution is 2.37. The maximum Gasteiger partial charge on any atom is 0.197 e. The van der Waals surface area contributed by atoms with Gasteiger partial charge in [0.1, 0.15) is 11.9 Å². The molecule has 2 atom stereocenters. The van der Waals surface area contributed by atoms with Crippen molar-refractivity contribution in [3.63, 3.8) is 0 Å². The quantitative estimate of drug-likeness (QED) is 0.769. The van der Waals surface area contributed by atoms with Gasteiger partial charge in [-0.15, -0.1) is 0 Å². The molecule has 0 amide bonds. The van der Waals surface area contributed by atoms with E-state index < -0.39 is 5.60 Å². The third-order valence-corrected chi connectivity index (χ3v) is 3.61. The Hall–Kier alpha value is -1.29. The van der Waals surface area contributed by atoms with Crippen molar-refractivity contribution in [3.8, 4) is 0 Å². The number of aromatic nitrogens is 2. The molecule has 0 aromatic carbocycles. The Morgan fingerprint density at radius 2 is 2.22 bits per heavy atom. The summed E-state index contributed by atoms with van der Waals surface area (Å²) >= 11 is 0. The van der Waals surface area contributed by atoms with Crippen LogP contribution >= 0.6 is 0 Å². The van der Waals surface area contributed by atoms with Crippen molar-refractivity contribution in [2.75, 3.05) is 6.61 Å². The molecular formula is C14H20N2O2. The average molecular weight is 248 g/mol. The second kappa shape index (κ2) is 5.57. The number of ether oxygens (including phenoxy) is 1. The van der Waals surface area contributed by atoms with Gasteiger partial charge in [-0.25, -0.2) is 9.97 Å². The van der Waals surface area contributed by atoms with Crippen LogP contribution in [-0.4, -0.2) is 28.0 Å². The summed E-state index contributed by atoms with van der Waals surface area (Å²) in [6.07, 6.45) is 8.42. The van der Waals surface area contributed by atoms with Gasteiger partial charge in [-0.1, -0.05) is 13.3 Å². The van der Waals surface area contributed by atoms with E-state index in [9.17, 15) is 4.79 Å². The Balaban J connectivity index is 2.27. The van der Waals surface area contributed by atoms with Gasteiger partial charge in [0.15, 0.2) is 5.78 Å². The zero-order chi connectivity index (χ0) is 13.0. The molecule has 4 nitrogen and oxygen atoms in total. The van der Waals surface area contributed by atoms with E-state index in [0.29, 0.717) is 18.1 Å². The number of rotatable bonds is 4. The summed E-state index contributed by atoms with van der Waals surface area (Å²) in [5.74, 6) is 0.565. The minimum Gasteiger partial charge on any atom is -0.367 e. The van der Waals surface area contributed by atoms with Crippen LogP contribution in [0.15, 0.2) is 18.7 Å². The van der Waals surface area contributed by atoms with Gasteiger partial charge in [0.2, 0.25) is 0 Å². The number of carbonyl (C=O) groups excluding carboxylic acids is 1. The Bertz CT molecular complexity index is 404. The van der Waals surface area contributed by atoms with E-state index in [1.165, 1.54) is 12.7 Å². The van der Waals surface area contributed by atoms with Gasteiger partial charge >= 0.3 is 0 Å². The lowest BCUT2D eigenvalue weighted by Gasteiger charge is -2.38. The van der Waals surface area contributed by atoms with Crippen LogP contribution in [0.2, 0.25) is 0 Å². The van der Waals surface area contributed by atoms with E-state index in [0.717, 1.165) is 19.3 Å². The summed E-state index contributed by atoms with van der Waals surface area (Å²) < 4.78 is 5.85. The maximum atomic E-state index is 12.7. The van der Waals surface area contributed by atoms with Crippen LogP contribution in [-0.2, 0) is 4.74 Å². The molecule has 1 aromatic heterocycles. The zero-order valence-electron chi connectivity index (χ0n) is 11.1. The summed E-state index contributed by atoms with van der Waals surface area (Å²) in [6, 6.07) is 0. The van der Waals surface area contributed by atoms with Crippen LogP contribution in [0, 0.1) is 5.92 Å². The fraction of sp³-hybridized carbons (Fsp3) is 0.643. The average Bonchev–Trinajstić information content (AvgIpc) is 2.39.